The summed E-state index contributed by atoms with van der Waals surface area (Å²) in [7, 11) is -3.10. The lowest BCUT2D eigenvalue weighted by molar-refractivity contribution is 0.500. The van der Waals surface area contributed by atoms with Crippen molar-refractivity contribution in [3.05, 3.63) is 48.0 Å². The van der Waals surface area contributed by atoms with Crippen LogP contribution in [0.1, 0.15) is 31.9 Å². The van der Waals surface area contributed by atoms with E-state index in [1.807, 2.05) is 18.2 Å². The highest BCUT2D eigenvalue weighted by Gasteiger charge is 2.26. The molecule has 4 heteroatoms. The van der Waals surface area contributed by atoms with Gasteiger partial charge in [0, 0.05) is 12.3 Å². The number of sulfone groups is 1. The monoisotopic (exact) mass is 305 g/mol. The third-order valence-corrected chi connectivity index (χ3v) is 5.51. The Morgan fingerprint density at radius 1 is 1.10 bits per heavy atom. The van der Waals surface area contributed by atoms with Crippen molar-refractivity contribution in [2.24, 2.45) is 0 Å². The molecule has 0 saturated heterocycles. The van der Waals surface area contributed by atoms with Crippen LogP contribution in [0.4, 0.5) is 0 Å². The minimum absolute atomic E-state index is 0.176. The molecule has 1 N–H and O–H groups in total. The Balaban J connectivity index is 2.42. The van der Waals surface area contributed by atoms with E-state index in [4.69, 9.17) is 0 Å². The summed E-state index contributed by atoms with van der Waals surface area (Å²) in [5.74, 6) is 0. The Kier molecular flexibility index (Phi) is 5.01. The first-order valence-corrected chi connectivity index (χ1v) is 9.30. The Hall–Kier alpha value is -1.39. The normalized spacial score (nSPS) is 15.0. The van der Waals surface area contributed by atoms with Crippen LogP contribution in [-0.4, -0.2) is 26.5 Å². The highest BCUT2D eigenvalue weighted by Crippen LogP contribution is 2.25. The van der Waals surface area contributed by atoms with Gasteiger partial charge < -0.3 is 5.32 Å². The van der Waals surface area contributed by atoms with E-state index in [2.05, 4.69) is 36.5 Å². The van der Waals surface area contributed by atoms with Gasteiger partial charge in [-0.1, -0.05) is 43.3 Å². The van der Waals surface area contributed by atoms with Crippen LogP contribution >= 0.6 is 0 Å². The van der Waals surface area contributed by atoms with Crippen molar-refractivity contribution in [3.8, 4) is 0 Å². The Bertz CT molecular complexity index is 710. The predicted molar refractivity (Wildman–Crippen MR) is 89.3 cm³/mol. The fourth-order valence-electron chi connectivity index (χ4n) is 2.50. The average molecular weight is 305 g/mol. The van der Waals surface area contributed by atoms with Gasteiger partial charge >= 0.3 is 0 Å². The zero-order valence-electron chi connectivity index (χ0n) is 12.8. The van der Waals surface area contributed by atoms with Crippen LogP contribution in [0.15, 0.2) is 42.5 Å². The molecule has 114 valence electrons. The van der Waals surface area contributed by atoms with Gasteiger partial charge in [0.25, 0.3) is 0 Å². The molecule has 21 heavy (non-hydrogen) atoms. The fourth-order valence-corrected chi connectivity index (χ4v) is 3.25. The second kappa shape index (κ2) is 6.58. The minimum Gasteiger partial charge on any atom is -0.309 e. The summed E-state index contributed by atoms with van der Waals surface area (Å²) in [6.07, 6.45) is 2.28. The summed E-state index contributed by atoms with van der Waals surface area (Å²) >= 11 is 0. The van der Waals surface area contributed by atoms with Crippen LogP contribution in [0.2, 0.25) is 0 Å². The van der Waals surface area contributed by atoms with Crippen molar-refractivity contribution >= 4 is 20.6 Å². The summed E-state index contributed by atoms with van der Waals surface area (Å²) in [6, 6.07) is 14.1. The van der Waals surface area contributed by atoms with Crippen LogP contribution < -0.4 is 5.32 Å². The number of fused-ring (bicyclic) bond motifs is 1. The largest absolute Gasteiger partial charge is 0.309 e. The molecule has 0 amide bonds. The summed E-state index contributed by atoms with van der Waals surface area (Å²) in [5, 5.41) is 5.23. The summed E-state index contributed by atoms with van der Waals surface area (Å²) in [6.45, 7) is 4.66. The molecule has 2 atom stereocenters. The third kappa shape index (κ3) is 3.83. The third-order valence-electron chi connectivity index (χ3n) is 3.89. The highest BCUT2D eigenvalue weighted by atomic mass is 32.2. The van der Waals surface area contributed by atoms with E-state index in [9.17, 15) is 8.42 Å². The number of rotatable bonds is 6. The zero-order chi connectivity index (χ0) is 15.5. The maximum atomic E-state index is 11.9. The first-order valence-electron chi connectivity index (χ1n) is 7.34. The quantitative estimate of drug-likeness (QED) is 0.890. The van der Waals surface area contributed by atoms with Crippen molar-refractivity contribution in [2.45, 2.75) is 31.6 Å². The Labute approximate surface area is 127 Å². The second-order valence-corrected chi connectivity index (χ2v) is 7.98. The van der Waals surface area contributed by atoms with Crippen molar-refractivity contribution < 1.29 is 8.42 Å². The lowest BCUT2D eigenvalue weighted by Gasteiger charge is -2.25. The standard InChI is InChI=1S/C17H23NO2S/c1-4-11-18-17(13(2)21(3,19)20)16-10-9-14-7-5-6-8-15(14)12-16/h5-10,12-13,17-18H,4,11H2,1-3H3. The van der Waals surface area contributed by atoms with E-state index in [1.165, 1.54) is 11.6 Å². The van der Waals surface area contributed by atoms with Crippen molar-refractivity contribution in [1.29, 1.82) is 0 Å². The molecular weight excluding hydrogens is 282 g/mol. The molecule has 0 heterocycles. The van der Waals surface area contributed by atoms with E-state index < -0.39 is 15.1 Å². The van der Waals surface area contributed by atoms with Crippen LogP contribution in [0.5, 0.6) is 0 Å². The Morgan fingerprint density at radius 2 is 1.76 bits per heavy atom. The molecule has 0 aliphatic rings. The van der Waals surface area contributed by atoms with Crippen LogP contribution in [0.25, 0.3) is 10.8 Å². The van der Waals surface area contributed by atoms with Gasteiger partial charge in [-0.25, -0.2) is 8.42 Å². The van der Waals surface area contributed by atoms with Gasteiger partial charge in [0.15, 0.2) is 9.84 Å². The smallest absolute Gasteiger partial charge is 0.151 e. The first kappa shape index (κ1) is 16.0. The topological polar surface area (TPSA) is 46.2 Å². The van der Waals surface area contributed by atoms with E-state index >= 15 is 0 Å². The molecule has 0 fully saturated rings. The predicted octanol–water partition coefficient (Wildman–Crippen LogP) is 3.31. The molecule has 0 aliphatic carbocycles. The Morgan fingerprint density at radius 3 is 2.38 bits per heavy atom. The molecule has 0 spiro atoms. The average Bonchev–Trinajstić information content (AvgIpc) is 2.46. The van der Waals surface area contributed by atoms with Gasteiger partial charge in [-0.3, -0.25) is 0 Å². The van der Waals surface area contributed by atoms with Crippen LogP contribution in [0, 0.1) is 0 Å². The first-order chi connectivity index (χ1) is 9.93. The minimum atomic E-state index is -3.10. The molecule has 0 aromatic heterocycles. The highest BCUT2D eigenvalue weighted by molar-refractivity contribution is 7.91. The van der Waals surface area contributed by atoms with Gasteiger partial charge in [-0.05, 0) is 42.3 Å². The van der Waals surface area contributed by atoms with Gasteiger partial charge in [-0.2, -0.15) is 0 Å². The summed E-state index contributed by atoms with van der Waals surface area (Å²) in [4.78, 5) is 0. The summed E-state index contributed by atoms with van der Waals surface area (Å²) in [5.41, 5.74) is 1.03. The maximum absolute atomic E-state index is 11.9. The van der Waals surface area contributed by atoms with Crippen LogP contribution in [-0.2, 0) is 9.84 Å². The van der Waals surface area contributed by atoms with Crippen molar-refractivity contribution in [2.75, 3.05) is 12.8 Å². The molecular formula is C17H23NO2S. The molecule has 2 unspecified atom stereocenters. The molecule has 0 bridgehead atoms. The second-order valence-electron chi connectivity index (χ2n) is 5.57. The lowest BCUT2D eigenvalue weighted by Crippen LogP contribution is -2.35. The molecule has 2 rings (SSSR count). The molecule has 2 aromatic carbocycles. The van der Waals surface area contributed by atoms with Crippen molar-refractivity contribution in [1.82, 2.24) is 5.32 Å². The fraction of sp³-hybridized carbons (Fsp3) is 0.412. The van der Waals surface area contributed by atoms with E-state index in [0.29, 0.717) is 0 Å². The van der Waals surface area contributed by atoms with Crippen LogP contribution in [0.3, 0.4) is 0 Å². The number of nitrogens with one attached hydrogen (secondary N) is 1. The lowest BCUT2D eigenvalue weighted by atomic mass is 10.00. The molecule has 0 saturated carbocycles. The maximum Gasteiger partial charge on any atom is 0.151 e. The number of hydrogen-bond acceptors (Lipinski definition) is 3. The van der Waals surface area contributed by atoms with Gasteiger partial charge in [0.1, 0.15) is 0 Å². The van der Waals surface area contributed by atoms with Gasteiger partial charge in [-0.15, -0.1) is 0 Å². The van der Waals surface area contributed by atoms with Gasteiger partial charge in [0.2, 0.25) is 0 Å². The SMILES string of the molecule is CCCNC(c1ccc2ccccc2c1)C(C)S(C)(=O)=O. The molecule has 0 radical (unpaired) electrons. The van der Waals surface area contributed by atoms with E-state index in [1.54, 1.807) is 6.92 Å². The summed E-state index contributed by atoms with van der Waals surface area (Å²) < 4.78 is 23.9. The molecule has 0 aliphatic heterocycles. The zero-order valence-corrected chi connectivity index (χ0v) is 13.7. The van der Waals surface area contributed by atoms with Gasteiger partial charge in [0.05, 0.1) is 5.25 Å². The van der Waals surface area contributed by atoms with E-state index in [0.717, 1.165) is 23.9 Å². The number of benzene rings is 2. The van der Waals surface area contributed by atoms with Crippen molar-refractivity contribution in [3.63, 3.8) is 0 Å². The number of hydrogen-bond donors (Lipinski definition) is 1. The molecule has 2 aromatic rings. The molecule has 3 nitrogen and oxygen atoms in total. The van der Waals surface area contributed by atoms with E-state index in [-0.39, 0.29) is 6.04 Å².